The molecule has 65 heavy (non-hydrogen) atoms. The van der Waals surface area contributed by atoms with Gasteiger partial charge in [0.05, 0.1) is 58.0 Å². The van der Waals surface area contributed by atoms with Gasteiger partial charge < -0.3 is 42.3 Å². The highest BCUT2D eigenvalue weighted by Crippen LogP contribution is 2.41. The zero-order valence-electron chi connectivity index (χ0n) is 42.9. The quantitative estimate of drug-likeness (QED) is 0.0343. The molecule has 10 heteroatoms. The summed E-state index contributed by atoms with van der Waals surface area (Å²) in [5.74, 6) is 2.56. The Hall–Kier alpha value is -3.06. The third-order valence-corrected chi connectivity index (χ3v) is 18.2. The molecule has 0 saturated carbocycles. The number of methoxy groups -OCH3 is 4. The van der Waals surface area contributed by atoms with Crippen molar-refractivity contribution in [1.82, 2.24) is 0 Å². The van der Waals surface area contributed by atoms with E-state index in [-0.39, 0.29) is 84.1 Å². The number of allylic oxidation sites excluding steroid dienone is 4. The van der Waals surface area contributed by atoms with Gasteiger partial charge in [-0.05, 0) is 85.1 Å². The monoisotopic (exact) mass is 921 g/mol. The van der Waals surface area contributed by atoms with E-state index in [1.165, 1.54) is 0 Å². The molecule has 3 rings (SSSR count). The maximum absolute atomic E-state index is 7.26. The van der Waals surface area contributed by atoms with Crippen molar-refractivity contribution < 1.29 is 42.3 Å². The van der Waals surface area contributed by atoms with Crippen LogP contribution in [0, 0.1) is 35.5 Å². The predicted octanol–water partition coefficient (Wildman–Crippen LogP) is 13.2. The summed E-state index contributed by atoms with van der Waals surface area (Å²) in [6, 6.07) is 16.3. The molecule has 2 aromatic rings. The van der Waals surface area contributed by atoms with Crippen LogP contribution in [0.3, 0.4) is 0 Å². The fourth-order valence-electron chi connectivity index (χ4n) is 8.58. The summed E-state index contributed by atoms with van der Waals surface area (Å²) in [5.41, 5.74) is 2.22. The largest absolute Gasteiger partial charge is 0.497 e. The van der Waals surface area contributed by atoms with E-state index in [0.717, 1.165) is 48.3 Å². The van der Waals surface area contributed by atoms with Crippen LogP contribution in [-0.4, -0.2) is 80.4 Å². The average Bonchev–Trinajstić information content (AvgIpc) is 3.28. The molecule has 1 heterocycles. The fraction of sp³-hybridized carbons (Fsp3) is 0.636. The Kier molecular flexibility index (Phi) is 24.5. The molecule has 12 atom stereocenters. The van der Waals surface area contributed by atoms with Crippen molar-refractivity contribution in [2.24, 2.45) is 35.5 Å². The number of benzene rings is 2. The molecule has 0 bridgehead atoms. The maximum atomic E-state index is 7.26. The van der Waals surface area contributed by atoms with E-state index in [4.69, 9.17) is 42.3 Å². The first kappa shape index (κ1) is 56.3. The van der Waals surface area contributed by atoms with Gasteiger partial charge in [-0.2, -0.15) is 0 Å². The second-order valence-electron chi connectivity index (χ2n) is 19.8. The zero-order valence-corrected chi connectivity index (χ0v) is 43.9. The lowest BCUT2D eigenvalue weighted by molar-refractivity contribution is -0.271. The van der Waals surface area contributed by atoms with Crippen LogP contribution in [0.25, 0.3) is 0 Å². The van der Waals surface area contributed by atoms with Gasteiger partial charge in [-0.3, -0.25) is 0 Å². The molecule has 1 aliphatic rings. The van der Waals surface area contributed by atoms with E-state index < -0.39 is 8.32 Å². The van der Waals surface area contributed by atoms with Crippen molar-refractivity contribution in [2.75, 3.05) is 35.2 Å². The summed E-state index contributed by atoms with van der Waals surface area (Å²) in [7, 11) is 4.62. The lowest BCUT2D eigenvalue weighted by atomic mass is 9.84. The number of rotatable bonds is 29. The van der Waals surface area contributed by atoms with Crippen molar-refractivity contribution >= 4 is 8.32 Å². The SMILES string of the molecule is C=CC=C[C@H](C)[C@H](O[Si](C)(C)C(C)(C)C)[C@@H](C)[C@@H](CCC=C[C@H](C)[C@H](OCc1ccc(OC)cc1)[C@@H](C)C=CCC[C@@H]1O[C@@H](OC)[C@H](C)[C@@H](OCOC)[C@H]1C)OCc1ccc(OC)cc1. The van der Waals surface area contributed by atoms with Crippen LogP contribution in [0.2, 0.25) is 18.1 Å². The molecule has 0 unspecified atom stereocenters. The highest BCUT2D eigenvalue weighted by molar-refractivity contribution is 6.74. The van der Waals surface area contributed by atoms with Crippen LogP contribution in [0.4, 0.5) is 0 Å². The summed E-state index contributed by atoms with van der Waals surface area (Å²) in [6.07, 6.45) is 18.3. The van der Waals surface area contributed by atoms with E-state index >= 15 is 0 Å². The molecule has 0 radical (unpaired) electrons. The summed E-state index contributed by atoms with van der Waals surface area (Å²) in [5, 5.41) is 0.0710. The summed E-state index contributed by atoms with van der Waals surface area (Å²) < 4.78 is 55.3. The molecule has 1 aliphatic heterocycles. The minimum Gasteiger partial charge on any atom is -0.497 e. The highest BCUT2D eigenvalue weighted by atomic mass is 28.4. The lowest BCUT2D eigenvalue weighted by Gasteiger charge is -2.44. The van der Waals surface area contributed by atoms with E-state index in [0.29, 0.717) is 13.2 Å². The van der Waals surface area contributed by atoms with Gasteiger partial charge in [-0.15, -0.1) is 0 Å². The Labute approximate surface area is 396 Å². The van der Waals surface area contributed by atoms with Crippen LogP contribution in [-0.2, 0) is 46.1 Å². The summed E-state index contributed by atoms with van der Waals surface area (Å²) in [6.45, 7) is 30.2. The molecule has 0 aromatic heterocycles. The van der Waals surface area contributed by atoms with Crippen molar-refractivity contribution in [3.8, 4) is 11.5 Å². The molecule has 2 aromatic carbocycles. The maximum Gasteiger partial charge on any atom is 0.192 e. The second-order valence-corrected chi connectivity index (χ2v) is 24.5. The van der Waals surface area contributed by atoms with Crippen molar-refractivity contribution in [1.29, 1.82) is 0 Å². The second kappa shape index (κ2) is 28.3. The molecule has 9 nitrogen and oxygen atoms in total. The minimum absolute atomic E-state index is 0.00869. The van der Waals surface area contributed by atoms with Crippen LogP contribution in [0.15, 0.2) is 97.6 Å². The Morgan fingerprint density at radius 2 is 1.26 bits per heavy atom. The highest BCUT2D eigenvalue weighted by Gasteiger charge is 2.43. The molecule has 0 spiro atoms. The Balaban J connectivity index is 1.82. The van der Waals surface area contributed by atoms with E-state index in [2.05, 4.69) is 137 Å². The summed E-state index contributed by atoms with van der Waals surface area (Å²) in [4.78, 5) is 0. The first-order valence-electron chi connectivity index (χ1n) is 24.0. The van der Waals surface area contributed by atoms with Crippen molar-refractivity contribution in [2.45, 2.75) is 156 Å². The molecular formula is C55H88O9Si. The zero-order chi connectivity index (χ0) is 48.2. The normalized spacial score (nSPS) is 23.0. The lowest BCUT2D eigenvalue weighted by Crippen LogP contribution is -2.50. The third kappa shape index (κ3) is 17.8. The standard InChI is InChI=1S/C55H88O9Si/c1-17-18-23-41(4)52(64-65(15,16)55(8,9)10)42(5)49(60-36-45-28-32-47(57-12)33-29-45)26-21-19-24-39(2)51(61-37-46-30-34-48(58-13)35-31-46)40(3)25-20-22-27-50-43(6)53(62-38-56-11)44(7)54(59-14)63-50/h17-20,23-25,28-35,39-44,49-54H,1,21-22,26-27,36-38H2,2-16H3/t39-,40-,41-,42-,43-,44+,49+,50-,51-,52-,53-,54+/m0/s1. The number of ether oxygens (including phenoxy) is 8. The van der Waals surface area contributed by atoms with Crippen molar-refractivity contribution in [3.63, 3.8) is 0 Å². The number of hydrogen-bond acceptors (Lipinski definition) is 9. The van der Waals surface area contributed by atoms with Crippen molar-refractivity contribution in [3.05, 3.63) is 109 Å². The molecule has 1 fully saturated rings. The molecule has 0 N–H and O–H groups in total. The van der Waals surface area contributed by atoms with Gasteiger partial charge in [-0.25, -0.2) is 0 Å². The number of hydrogen-bond donors (Lipinski definition) is 0. The Morgan fingerprint density at radius 3 is 1.77 bits per heavy atom. The summed E-state index contributed by atoms with van der Waals surface area (Å²) >= 11 is 0. The first-order chi connectivity index (χ1) is 30.9. The Bertz CT molecular complexity index is 1700. The Morgan fingerprint density at radius 1 is 0.723 bits per heavy atom. The van der Waals surface area contributed by atoms with E-state index in [9.17, 15) is 0 Å². The fourth-order valence-corrected chi connectivity index (χ4v) is 10.0. The molecule has 0 amide bonds. The van der Waals surface area contributed by atoms with Gasteiger partial charge in [0.1, 0.15) is 18.3 Å². The van der Waals surface area contributed by atoms with E-state index in [1.54, 1.807) is 28.4 Å². The van der Waals surface area contributed by atoms with Crippen LogP contribution >= 0.6 is 0 Å². The minimum atomic E-state index is -2.12. The van der Waals surface area contributed by atoms with Gasteiger partial charge in [0.15, 0.2) is 14.6 Å². The van der Waals surface area contributed by atoms with Gasteiger partial charge >= 0.3 is 0 Å². The van der Waals surface area contributed by atoms with Crippen LogP contribution < -0.4 is 9.47 Å². The molecule has 0 aliphatic carbocycles. The van der Waals surface area contributed by atoms with Crippen LogP contribution in [0.1, 0.15) is 99.1 Å². The topological polar surface area (TPSA) is 83.1 Å². The predicted molar refractivity (Wildman–Crippen MR) is 269 cm³/mol. The molecule has 1 saturated heterocycles. The van der Waals surface area contributed by atoms with Gasteiger partial charge in [0, 0.05) is 43.8 Å². The molecular weight excluding hydrogens is 833 g/mol. The van der Waals surface area contributed by atoms with E-state index in [1.807, 2.05) is 36.4 Å². The first-order valence-corrected chi connectivity index (χ1v) is 26.9. The van der Waals surface area contributed by atoms with Gasteiger partial charge in [-0.1, -0.05) is 136 Å². The smallest absolute Gasteiger partial charge is 0.192 e. The van der Waals surface area contributed by atoms with Gasteiger partial charge in [0.2, 0.25) is 0 Å². The average molecular weight is 921 g/mol. The van der Waals surface area contributed by atoms with Gasteiger partial charge in [0.25, 0.3) is 0 Å². The molecule has 366 valence electrons. The third-order valence-electron chi connectivity index (χ3n) is 13.8. The van der Waals surface area contributed by atoms with Crippen LogP contribution in [0.5, 0.6) is 11.5 Å².